The summed E-state index contributed by atoms with van der Waals surface area (Å²) >= 11 is 0. The number of anilines is 2. The minimum Gasteiger partial charge on any atom is -0.355 e. The van der Waals surface area contributed by atoms with Gasteiger partial charge in [-0.2, -0.15) is 0 Å². The molecular weight excluding hydrogens is 496 g/mol. The van der Waals surface area contributed by atoms with Gasteiger partial charge in [-0.15, -0.1) is 0 Å². The fourth-order valence-corrected chi connectivity index (χ4v) is 6.86. The third-order valence-corrected chi connectivity index (χ3v) is 8.79. The molecule has 0 radical (unpaired) electrons. The molecule has 0 fully saturated rings. The van der Waals surface area contributed by atoms with Crippen LogP contribution in [0.3, 0.4) is 0 Å². The first-order chi connectivity index (χ1) is 20.1. The Kier molecular flexibility index (Phi) is 5.20. The molecule has 0 amide bonds. The van der Waals surface area contributed by atoms with Crippen LogP contribution in [0.2, 0.25) is 0 Å². The topological polar surface area (TPSA) is 17.0 Å². The lowest BCUT2D eigenvalue weighted by Gasteiger charge is -2.22. The van der Waals surface area contributed by atoms with E-state index in [1.165, 1.54) is 60.9 Å². The predicted octanol–water partition coefficient (Wildman–Crippen LogP) is 10.5. The first-order valence-corrected chi connectivity index (χ1v) is 14.3. The summed E-state index contributed by atoms with van der Waals surface area (Å²) in [6.07, 6.45) is 0. The zero-order valence-electron chi connectivity index (χ0n) is 23.2. The van der Waals surface area contributed by atoms with E-state index >= 15 is 0 Å². The Bertz CT molecular complexity index is 2100. The molecule has 0 unspecified atom stereocenters. The van der Waals surface area contributed by atoms with Crippen molar-refractivity contribution in [2.24, 2.45) is 0 Å². The Balaban J connectivity index is 1.28. The number of benzene rings is 6. The minimum atomic E-state index is -0.0337. The van der Waals surface area contributed by atoms with Crippen LogP contribution in [0.1, 0.15) is 25.0 Å². The number of nitrogens with zero attached hydrogens (tertiary/aromatic N) is 1. The molecule has 0 saturated carbocycles. The largest absolute Gasteiger partial charge is 0.355 e. The number of rotatable bonds is 4. The normalized spacial score (nSPS) is 13.3. The highest BCUT2D eigenvalue weighted by Gasteiger charge is 2.35. The molecule has 8 rings (SSSR count). The van der Waals surface area contributed by atoms with Gasteiger partial charge in [0.1, 0.15) is 0 Å². The van der Waals surface area contributed by atoms with Gasteiger partial charge in [0.25, 0.3) is 0 Å². The van der Waals surface area contributed by atoms with Gasteiger partial charge in [0, 0.05) is 38.8 Å². The van der Waals surface area contributed by atoms with Gasteiger partial charge in [-0.05, 0) is 70.3 Å². The molecule has 7 aromatic rings. The molecule has 41 heavy (non-hydrogen) atoms. The monoisotopic (exact) mass is 526 g/mol. The predicted molar refractivity (Wildman–Crippen MR) is 174 cm³/mol. The molecule has 2 heteroatoms. The summed E-state index contributed by atoms with van der Waals surface area (Å²) in [6, 6.07) is 50.4. The summed E-state index contributed by atoms with van der Waals surface area (Å²) in [5, 5.41) is 6.34. The van der Waals surface area contributed by atoms with E-state index in [9.17, 15) is 0 Å². The third kappa shape index (κ3) is 3.57. The van der Waals surface area contributed by atoms with Crippen LogP contribution in [0.15, 0.2) is 140 Å². The Morgan fingerprint density at radius 2 is 1.17 bits per heavy atom. The van der Waals surface area contributed by atoms with Crippen molar-refractivity contribution in [3.63, 3.8) is 0 Å². The lowest BCUT2D eigenvalue weighted by Crippen LogP contribution is -2.15. The maximum absolute atomic E-state index is 3.81. The van der Waals surface area contributed by atoms with Gasteiger partial charge in [-0.1, -0.05) is 111 Å². The van der Waals surface area contributed by atoms with Crippen LogP contribution in [0.5, 0.6) is 0 Å². The number of aromatic nitrogens is 1. The van der Waals surface area contributed by atoms with Crippen molar-refractivity contribution < 1.29 is 0 Å². The van der Waals surface area contributed by atoms with Crippen molar-refractivity contribution in [3.8, 4) is 27.9 Å². The van der Waals surface area contributed by atoms with Gasteiger partial charge in [-0.25, -0.2) is 0 Å². The maximum atomic E-state index is 3.81. The highest BCUT2D eigenvalue weighted by molar-refractivity contribution is 6.16. The lowest BCUT2D eigenvalue weighted by molar-refractivity contribution is 0.660. The van der Waals surface area contributed by atoms with Gasteiger partial charge in [0.15, 0.2) is 0 Å². The van der Waals surface area contributed by atoms with E-state index in [4.69, 9.17) is 0 Å². The van der Waals surface area contributed by atoms with Crippen LogP contribution in [-0.4, -0.2) is 4.57 Å². The molecule has 196 valence electrons. The molecule has 1 N–H and O–H groups in total. The molecule has 0 aliphatic heterocycles. The van der Waals surface area contributed by atoms with Crippen LogP contribution in [0.25, 0.3) is 49.7 Å². The van der Waals surface area contributed by atoms with Gasteiger partial charge in [0.2, 0.25) is 0 Å². The fraction of sp³-hybridized carbons (Fsp3) is 0.0769. The van der Waals surface area contributed by atoms with Crippen molar-refractivity contribution in [1.82, 2.24) is 4.57 Å². The van der Waals surface area contributed by atoms with E-state index < -0.39 is 0 Å². The number of para-hydroxylation sites is 3. The molecule has 1 aromatic heterocycles. The second-order valence-corrected chi connectivity index (χ2v) is 11.5. The van der Waals surface area contributed by atoms with Gasteiger partial charge in [0.05, 0.1) is 11.0 Å². The van der Waals surface area contributed by atoms with Crippen molar-refractivity contribution in [2.75, 3.05) is 5.32 Å². The molecule has 1 aliphatic rings. The summed E-state index contributed by atoms with van der Waals surface area (Å²) in [4.78, 5) is 0. The molecule has 0 saturated heterocycles. The molecule has 1 aliphatic carbocycles. The first kappa shape index (κ1) is 23.8. The second kappa shape index (κ2) is 8.97. The quantitative estimate of drug-likeness (QED) is 0.241. The second-order valence-electron chi connectivity index (χ2n) is 11.5. The zero-order valence-corrected chi connectivity index (χ0v) is 23.2. The number of hydrogen-bond donors (Lipinski definition) is 1. The zero-order chi connectivity index (χ0) is 27.6. The molecular formula is C39H30N2. The highest BCUT2D eigenvalue weighted by atomic mass is 15.0. The number of hydrogen-bond acceptors (Lipinski definition) is 1. The van der Waals surface area contributed by atoms with Crippen LogP contribution in [0, 0.1) is 0 Å². The van der Waals surface area contributed by atoms with E-state index in [-0.39, 0.29) is 5.41 Å². The van der Waals surface area contributed by atoms with E-state index in [1.54, 1.807) is 0 Å². The van der Waals surface area contributed by atoms with Gasteiger partial charge >= 0.3 is 0 Å². The van der Waals surface area contributed by atoms with Gasteiger partial charge < -0.3 is 9.88 Å². The molecule has 1 heterocycles. The van der Waals surface area contributed by atoms with Crippen LogP contribution in [0.4, 0.5) is 11.4 Å². The minimum absolute atomic E-state index is 0.0337. The molecule has 0 atom stereocenters. The number of fused-ring (bicyclic) bond motifs is 6. The van der Waals surface area contributed by atoms with Crippen molar-refractivity contribution >= 4 is 33.2 Å². The third-order valence-electron chi connectivity index (χ3n) is 8.79. The lowest BCUT2D eigenvalue weighted by atomic mass is 9.82. The summed E-state index contributed by atoms with van der Waals surface area (Å²) in [6.45, 7) is 4.66. The molecule has 2 nitrogen and oxygen atoms in total. The average Bonchev–Trinajstić information content (AvgIpc) is 3.47. The Morgan fingerprint density at radius 1 is 0.512 bits per heavy atom. The van der Waals surface area contributed by atoms with Gasteiger partial charge in [-0.3, -0.25) is 0 Å². The summed E-state index contributed by atoms with van der Waals surface area (Å²) in [7, 11) is 0. The average molecular weight is 527 g/mol. The van der Waals surface area contributed by atoms with Crippen LogP contribution >= 0.6 is 0 Å². The van der Waals surface area contributed by atoms with Crippen molar-refractivity contribution in [3.05, 3.63) is 151 Å². The summed E-state index contributed by atoms with van der Waals surface area (Å²) in [5.41, 5.74) is 13.6. The fourth-order valence-electron chi connectivity index (χ4n) is 6.86. The Morgan fingerprint density at radius 3 is 2.05 bits per heavy atom. The highest BCUT2D eigenvalue weighted by Crippen LogP contribution is 2.49. The number of nitrogens with one attached hydrogen (secondary N) is 1. The Hall–Kier alpha value is -5.08. The van der Waals surface area contributed by atoms with Crippen molar-refractivity contribution in [1.29, 1.82) is 0 Å². The standard InChI is InChI=1S/C39H30N2/c1-39(2)33-19-9-6-15-28(33)29-24-23-26(25-34(29)39)40-35-20-10-7-16-30(35)31-18-12-22-37-38(31)32-17-8-11-21-36(32)41(37)27-13-4-3-5-14-27/h3-25,40H,1-2H3. The summed E-state index contributed by atoms with van der Waals surface area (Å²) < 4.78 is 2.38. The SMILES string of the molecule is CC1(C)c2ccccc2-c2ccc(Nc3ccccc3-c3cccc4c3c3ccccc3n4-c3ccccc3)cc21. The van der Waals surface area contributed by atoms with E-state index in [2.05, 4.69) is 163 Å². The van der Waals surface area contributed by atoms with E-state index in [0.717, 1.165) is 11.4 Å². The molecule has 0 bridgehead atoms. The molecule has 6 aromatic carbocycles. The van der Waals surface area contributed by atoms with Crippen molar-refractivity contribution in [2.45, 2.75) is 19.3 Å². The Labute approximate surface area is 240 Å². The van der Waals surface area contributed by atoms with E-state index in [1.807, 2.05) is 0 Å². The molecule has 0 spiro atoms. The van der Waals surface area contributed by atoms with Crippen LogP contribution in [-0.2, 0) is 5.41 Å². The first-order valence-electron chi connectivity index (χ1n) is 14.3. The summed E-state index contributed by atoms with van der Waals surface area (Å²) in [5.74, 6) is 0. The maximum Gasteiger partial charge on any atom is 0.0547 e. The van der Waals surface area contributed by atoms with E-state index in [0.29, 0.717) is 0 Å². The van der Waals surface area contributed by atoms with Crippen LogP contribution < -0.4 is 5.32 Å². The smallest absolute Gasteiger partial charge is 0.0547 e.